The summed E-state index contributed by atoms with van der Waals surface area (Å²) in [7, 11) is 0. The van der Waals surface area contributed by atoms with Gasteiger partial charge in [-0.15, -0.1) is 0 Å². The summed E-state index contributed by atoms with van der Waals surface area (Å²) in [4.78, 5) is 44.9. The van der Waals surface area contributed by atoms with Gasteiger partial charge in [0.15, 0.2) is 0 Å². The Morgan fingerprint density at radius 3 is 2.29 bits per heavy atom. The van der Waals surface area contributed by atoms with Crippen LogP contribution in [-0.4, -0.2) is 65.9 Å². The summed E-state index contributed by atoms with van der Waals surface area (Å²) in [5, 5.41) is 6.51. The molecule has 0 aliphatic carbocycles. The minimum Gasteiger partial charge on any atom is -0.343 e. The van der Waals surface area contributed by atoms with Crippen LogP contribution in [-0.2, 0) is 14.4 Å². The topological polar surface area (TPSA) is 169 Å². The van der Waals surface area contributed by atoms with Crippen molar-refractivity contribution < 1.29 is 14.4 Å². The molecule has 0 saturated heterocycles. The van der Waals surface area contributed by atoms with Crippen molar-refractivity contribution in [3.05, 3.63) is 72.4 Å². The van der Waals surface area contributed by atoms with Gasteiger partial charge in [0.1, 0.15) is 6.04 Å². The SMILES string of the molecule is CC(C[C@H](NC(=O)[C@@H](N)CC(=O)N(CCN)CCN)C(=O)Nc1cnc2ccccc2c1)c1ccccc1. The number of hydrogen-bond donors (Lipinski definition) is 5. The van der Waals surface area contributed by atoms with Gasteiger partial charge in [-0.2, -0.15) is 0 Å². The van der Waals surface area contributed by atoms with Crippen molar-refractivity contribution in [1.29, 1.82) is 0 Å². The van der Waals surface area contributed by atoms with Crippen molar-refractivity contribution in [2.24, 2.45) is 17.2 Å². The molecule has 2 aromatic carbocycles. The number of carbonyl (C=O) groups is 3. The first-order valence-electron chi connectivity index (χ1n) is 12.8. The average Bonchev–Trinajstić information content (AvgIpc) is 2.92. The Balaban J connectivity index is 1.74. The average molecular weight is 520 g/mol. The second kappa shape index (κ2) is 14.2. The maximum Gasteiger partial charge on any atom is 0.247 e. The molecule has 3 amide bonds. The van der Waals surface area contributed by atoms with E-state index >= 15 is 0 Å². The lowest BCUT2D eigenvalue weighted by atomic mass is 9.93. The van der Waals surface area contributed by atoms with Crippen LogP contribution in [0.1, 0.15) is 31.2 Å². The predicted molar refractivity (Wildman–Crippen MR) is 149 cm³/mol. The lowest BCUT2D eigenvalue weighted by Crippen LogP contribution is -2.52. The number of benzene rings is 2. The summed E-state index contributed by atoms with van der Waals surface area (Å²) in [6.07, 6.45) is 1.69. The van der Waals surface area contributed by atoms with Gasteiger partial charge >= 0.3 is 0 Å². The van der Waals surface area contributed by atoms with E-state index in [9.17, 15) is 14.4 Å². The highest BCUT2D eigenvalue weighted by Crippen LogP contribution is 2.22. The van der Waals surface area contributed by atoms with E-state index in [0.717, 1.165) is 16.5 Å². The number of nitrogens with one attached hydrogen (secondary N) is 2. The Morgan fingerprint density at radius 1 is 0.947 bits per heavy atom. The van der Waals surface area contributed by atoms with E-state index in [1.54, 1.807) is 6.20 Å². The van der Waals surface area contributed by atoms with Gasteiger partial charge in [-0.05, 0) is 30.0 Å². The molecule has 0 saturated carbocycles. The number of para-hydroxylation sites is 1. The van der Waals surface area contributed by atoms with Crippen molar-refractivity contribution in [2.45, 2.75) is 37.8 Å². The summed E-state index contributed by atoms with van der Waals surface area (Å²) in [5.41, 5.74) is 19.6. The fourth-order valence-electron chi connectivity index (χ4n) is 4.23. The quantitative estimate of drug-likeness (QED) is 0.227. The van der Waals surface area contributed by atoms with Gasteiger partial charge < -0.3 is 32.7 Å². The number of anilines is 1. The van der Waals surface area contributed by atoms with Crippen molar-refractivity contribution in [1.82, 2.24) is 15.2 Å². The highest BCUT2D eigenvalue weighted by atomic mass is 16.2. The molecule has 1 unspecified atom stereocenters. The van der Waals surface area contributed by atoms with Crippen molar-refractivity contribution >= 4 is 34.3 Å². The van der Waals surface area contributed by atoms with Crippen LogP contribution in [0, 0.1) is 0 Å². The minimum absolute atomic E-state index is 0.0376. The number of aromatic nitrogens is 1. The molecule has 3 atom stereocenters. The molecular formula is C28H37N7O3. The zero-order chi connectivity index (χ0) is 27.5. The molecule has 8 N–H and O–H groups in total. The molecule has 10 heteroatoms. The van der Waals surface area contributed by atoms with E-state index in [1.807, 2.05) is 67.6 Å². The number of fused-ring (bicyclic) bond motifs is 1. The van der Waals surface area contributed by atoms with Gasteiger partial charge in [-0.3, -0.25) is 19.4 Å². The number of amides is 3. The Labute approximate surface area is 222 Å². The van der Waals surface area contributed by atoms with Gasteiger partial charge in [-0.1, -0.05) is 55.5 Å². The maximum absolute atomic E-state index is 13.4. The molecule has 0 aliphatic heterocycles. The minimum atomic E-state index is -1.13. The Kier molecular flexibility index (Phi) is 10.7. The van der Waals surface area contributed by atoms with Crippen LogP contribution in [0.25, 0.3) is 10.9 Å². The Hall–Kier alpha value is -3.86. The fourth-order valence-corrected chi connectivity index (χ4v) is 4.23. The van der Waals surface area contributed by atoms with Gasteiger partial charge in [0.05, 0.1) is 29.9 Å². The van der Waals surface area contributed by atoms with E-state index in [-0.39, 0.29) is 31.3 Å². The highest BCUT2D eigenvalue weighted by Gasteiger charge is 2.28. The maximum atomic E-state index is 13.4. The number of carbonyl (C=O) groups excluding carboxylic acids is 3. The molecule has 0 fully saturated rings. The van der Waals surface area contributed by atoms with E-state index in [0.29, 0.717) is 25.2 Å². The largest absolute Gasteiger partial charge is 0.343 e. The van der Waals surface area contributed by atoms with E-state index in [2.05, 4.69) is 15.6 Å². The van der Waals surface area contributed by atoms with Crippen LogP contribution in [0.5, 0.6) is 0 Å². The summed E-state index contributed by atoms with van der Waals surface area (Å²) < 4.78 is 0. The van der Waals surface area contributed by atoms with Gasteiger partial charge in [0, 0.05) is 31.6 Å². The zero-order valence-electron chi connectivity index (χ0n) is 21.7. The van der Waals surface area contributed by atoms with Crippen LogP contribution >= 0.6 is 0 Å². The lowest BCUT2D eigenvalue weighted by Gasteiger charge is -2.25. The molecule has 0 radical (unpaired) electrons. The van der Waals surface area contributed by atoms with Gasteiger partial charge in [0.25, 0.3) is 0 Å². The fraction of sp³-hybridized carbons (Fsp3) is 0.357. The van der Waals surface area contributed by atoms with Crippen LogP contribution in [0.2, 0.25) is 0 Å². The molecule has 10 nitrogen and oxygen atoms in total. The number of nitrogens with two attached hydrogens (primary N) is 3. The van der Waals surface area contributed by atoms with E-state index < -0.39 is 23.9 Å². The normalized spacial score (nSPS) is 13.4. The number of rotatable bonds is 13. The second-order valence-electron chi connectivity index (χ2n) is 9.28. The van der Waals surface area contributed by atoms with Gasteiger partial charge in [-0.25, -0.2) is 0 Å². The van der Waals surface area contributed by atoms with Crippen molar-refractivity contribution in [3.63, 3.8) is 0 Å². The first kappa shape index (κ1) is 28.7. The zero-order valence-corrected chi connectivity index (χ0v) is 21.7. The number of nitrogens with zero attached hydrogens (tertiary/aromatic N) is 2. The van der Waals surface area contributed by atoms with Crippen molar-refractivity contribution in [3.8, 4) is 0 Å². The molecule has 0 bridgehead atoms. The van der Waals surface area contributed by atoms with Crippen LogP contribution < -0.4 is 27.8 Å². The molecular weight excluding hydrogens is 482 g/mol. The molecule has 0 spiro atoms. The number of pyridine rings is 1. The molecule has 202 valence electrons. The molecule has 1 aromatic heterocycles. The molecule has 38 heavy (non-hydrogen) atoms. The summed E-state index contributed by atoms with van der Waals surface area (Å²) >= 11 is 0. The Bertz CT molecular complexity index is 1220. The summed E-state index contributed by atoms with van der Waals surface area (Å²) in [6.45, 7) is 3.18. The summed E-state index contributed by atoms with van der Waals surface area (Å²) in [5.74, 6) is -1.34. The van der Waals surface area contributed by atoms with Crippen LogP contribution in [0.4, 0.5) is 5.69 Å². The first-order chi connectivity index (χ1) is 18.3. The Morgan fingerprint density at radius 2 is 1.61 bits per heavy atom. The predicted octanol–water partition coefficient (Wildman–Crippen LogP) is 1.32. The summed E-state index contributed by atoms with van der Waals surface area (Å²) in [6, 6.07) is 17.1. The smallest absolute Gasteiger partial charge is 0.247 e. The van der Waals surface area contributed by atoms with Crippen molar-refractivity contribution in [2.75, 3.05) is 31.5 Å². The van der Waals surface area contributed by atoms with Crippen LogP contribution in [0.3, 0.4) is 0 Å². The second-order valence-corrected chi connectivity index (χ2v) is 9.28. The first-order valence-corrected chi connectivity index (χ1v) is 12.8. The molecule has 3 rings (SSSR count). The highest BCUT2D eigenvalue weighted by molar-refractivity contribution is 5.99. The third-order valence-electron chi connectivity index (χ3n) is 6.33. The van der Waals surface area contributed by atoms with Crippen LogP contribution in [0.15, 0.2) is 66.9 Å². The molecule has 0 aliphatic rings. The van der Waals surface area contributed by atoms with E-state index in [4.69, 9.17) is 17.2 Å². The third-order valence-corrected chi connectivity index (χ3v) is 6.33. The standard InChI is InChI=1S/C28H37N7O3/c1-19(20-7-3-2-4-8-20)15-25(28(38)33-22-16-21-9-5-6-10-24(21)32-18-22)34-27(37)23(31)17-26(36)35(13-11-29)14-12-30/h2-10,16,18-19,23,25H,11-15,17,29-31H2,1H3,(H,33,38)(H,34,37)/t19?,23-,25-/m0/s1. The molecule has 1 heterocycles. The third kappa shape index (κ3) is 8.07. The van der Waals surface area contributed by atoms with Gasteiger partial charge in [0.2, 0.25) is 17.7 Å². The molecule has 3 aromatic rings. The number of hydrogen-bond acceptors (Lipinski definition) is 7. The van der Waals surface area contributed by atoms with E-state index in [1.165, 1.54) is 4.90 Å². The monoisotopic (exact) mass is 519 g/mol. The lowest BCUT2D eigenvalue weighted by molar-refractivity contribution is -0.134.